The highest BCUT2D eigenvalue weighted by atomic mass is 32.1. The molecule has 4 aromatic rings. The standard InChI is InChI=1S/C14H8N2S3/c1-3-13(17-5-1)9-7-11-12(16-19-15-11)8-10(9)14-4-2-6-18-14/h1-8H. The van der Waals surface area contributed by atoms with Crippen LogP contribution in [0.15, 0.2) is 47.2 Å². The minimum Gasteiger partial charge on any atom is -0.173 e. The second-order valence-electron chi connectivity index (χ2n) is 4.11. The maximum Gasteiger partial charge on any atom is 0.105 e. The van der Waals surface area contributed by atoms with E-state index in [0.717, 1.165) is 11.0 Å². The summed E-state index contributed by atoms with van der Waals surface area (Å²) < 4.78 is 8.70. The molecule has 0 radical (unpaired) electrons. The van der Waals surface area contributed by atoms with Gasteiger partial charge in [0.05, 0.1) is 11.7 Å². The average Bonchev–Trinajstić information content (AvgIpc) is 3.18. The van der Waals surface area contributed by atoms with E-state index in [-0.39, 0.29) is 0 Å². The Morgan fingerprint density at radius 3 is 1.68 bits per heavy atom. The number of nitrogens with zero attached hydrogens (tertiary/aromatic N) is 2. The van der Waals surface area contributed by atoms with Gasteiger partial charge in [-0.15, -0.1) is 22.7 Å². The highest BCUT2D eigenvalue weighted by Gasteiger charge is 2.12. The van der Waals surface area contributed by atoms with Crippen molar-refractivity contribution in [2.75, 3.05) is 0 Å². The fourth-order valence-electron chi connectivity index (χ4n) is 2.10. The van der Waals surface area contributed by atoms with Gasteiger partial charge in [0.25, 0.3) is 0 Å². The van der Waals surface area contributed by atoms with Crippen LogP contribution in [0.1, 0.15) is 0 Å². The van der Waals surface area contributed by atoms with Gasteiger partial charge in [-0.2, -0.15) is 8.75 Å². The van der Waals surface area contributed by atoms with Crippen molar-refractivity contribution >= 4 is 45.4 Å². The molecule has 2 nitrogen and oxygen atoms in total. The first-order valence-corrected chi connectivity index (χ1v) is 8.25. The molecular weight excluding hydrogens is 292 g/mol. The summed E-state index contributed by atoms with van der Waals surface area (Å²) in [6.45, 7) is 0. The zero-order chi connectivity index (χ0) is 12.7. The molecule has 0 unspecified atom stereocenters. The monoisotopic (exact) mass is 300 g/mol. The molecule has 1 aromatic carbocycles. The van der Waals surface area contributed by atoms with Crippen molar-refractivity contribution in [3.8, 4) is 20.9 Å². The normalized spacial score (nSPS) is 11.2. The summed E-state index contributed by atoms with van der Waals surface area (Å²) in [6.07, 6.45) is 0. The number of thiophene rings is 2. The summed E-state index contributed by atoms with van der Waals surface area (Å²) in [6, 6.07) is 12.8. The van der Waals surface area contributed by atoms with Gasteiger partial charge in [0.1, 0.15) is 11.0 Å². The van der Waals surface area contributed by atoms with Gasteiger partial charge in [0.15, 0.2) is 0 Å². The minimum absolute atomic E-state index is 0.980. The Hall–Kier alpha value is -1.56. The van der Waals surface area contributed by atoms with Gasteiger partial charge in [0.2, 0.25) is 0 Å². The van der Waals surface area contributed by atoms with Crippen LogP contribution >= 0.6 is 34.4 Å². The van der Waals surface area contributed by atoms with Crippen LogP contribution in [0.2, 0.25) is 0 Å². The lowest BCUT2D eigenvalue weighted by Crippen LogP contribution is -1.82. The second-order valence-corrected chi connectivity index (χ2v) is 6.53. The van der Waals surface area contributed by atoms with Crippen molar-refractivity contribution in [3.63, 3.8) is 0 Å². The Morgan fingerprint density at radius 2 is 1.26 bits per heavy atom. The van der Waals surface area contributed by atoms with E-state index in [1.165, 1.54) is 32.6 Å². The van der Waals surface area contributed by atoms with Crippen molar-refractivity contribution < 1.29 is 0 Å². The topological polar surface area (TPSA) is 25.8 Å². The molecule has 0 bridgehead atoms. The summed E-state index contributed by atoms with van der Waals surface area (Å²) in [5.41, 5.74) is 4.46. The summed E-state index contributed by atoms with van der Waals surface area (Å²) >= 11 is 4.79. The lowest BCUT2D eigenvalue weighted by molar-refractivity contribution is 1.63. The molecule has 0 atom stereocenters. The summed E-state index contributed by atoms with van der Waals surface area (Å²) in [5.74, 6) is 0. The number of fused-ring (bicyclic) bond motifs is 1. The maximum absolute atomic E-state index is 4.35. The number of aromatic nitrogens is 2. The smallest absolute Gasteiger partial charge is 0.105 e. The molecule has 0 saturated heterocycles. The molecule has 3 aromatic heterocycles. The largest absolute Gasteiger partial charge is 0.173 e. The van der Waals surface area contributed by atoms with Crippen LogP contribution in [0.3, 0.4) is 0 Å². The minimum atomic E-state index is 0.980. The molecule has 0 amide bonds. The van der Waals surface area contributed by atoms with Crippen molar-refractivity contribution in [1.82, 2.24) is 8.75 Å². The lowest BCUT2D eigenvalue weighted by atomic mass is 10.0. The SMILES string of the molecule is c1csc(-c2cc3nsnc3cc2-c2cccs2)c1. The maximum atomic E-state index is 4.35. The van der Waals surface area contributed by atoms with Crippen LogP contribution < -0.4 is 0 Å². The molecule has 4 rings (SSSR count). The van der Waals surface area contributed by atoms with Gasteiger partial charge in [-0.25, -0.2) is 0 Å². The van der Waals surface area contributed by atoms with Crippen molar-refractivity contribution in [2.45, 2.75) is 0 Å². The van der Waals surface area contributed by atoms with E-state index in [0.29, 0.717) is 0 Å². The number of benzene rings is 1. The van der Waals surface area contributed by atoms with Crippen LogP contribution in [0.25, 0.3) is 31.9 Å². The third kappa shape index (κ3) is 1.90. The molecule has 0 fully saturated rings. The lowest BCUT2D eigenvalue weighted by Gasteiger charge is -2.06. The molecule has 0 aliphatic rings. The van der Waals surface area contributed by atoms with E-state index in [9.17, 15) is 0 Å². The van der Waals surface area contributed by atoms with Crippen LogP contribution in [0, 0.1) is 0 Å². The van der Waals surface area contributed by atoms with Gasteiger partial charge in [-0.1, -0.05) is 12.1 Å². The van der Waals surface area contributed by atoms with Crippen molar-refractivity contribution in [1.29, 1.82) is 0 Å². The van der Waals surface area contributed by atoms with E-state index in [2.05, 4.69) is 55.9 Å². The molecular formula is C14H8N2S3. The van der Waals surface area contributed by atoms with Crippen LogP contribution in [-0.2, 0) is 0 Å². The Bertz CT molecular complexity index is 746. The Kier molecular flexibility index (Phi) is 2.69. The van der Waals surface area contributed by atoms with E-state index >= 15 is 0 Å². The molecule has 0 aliphatic carbocycles. The summed E-state index contributed by atoms with van der Waals surface area (Å²) in [5, 5.41) is 4.22. The van der Waals surface area contributed by atoms with Crippen molar-refractivity contribution in [3.05, 3.63) is 47.2 Å². The fourth-order valence-corrected chi connectivity index (χ4v) is 4.13. The second kappa shape index (κ2) is 4.52. The molecule has 5 heteroatoms. The van der Waals surface area contributed by atoms with Gasteiger partial charge in [-0.3, -0.25) is 0 Å². The Balaban J connectivity index is 2.06. The molecule has 3 heterocycles. The number of hydrogen-bond acceptors (Lipinski definition) is 5. The summed E-state index contributed by atoms with van der Waals surface area (Å²) in [7, 11) is 0. The van der Waals surface area contributed by atoms with Crippen LogP contribution in [0.5, 0.6) is 0 Å². The first kappa shape index (κ1) is 11.3. The van der Waals surface area contributed by atoms with Gasteiger partial charge in [0, 0.05) is 20.9 Å². The number of hydrogen-bond donors (Lipinski definition) is 0. The van der Waals surface area contributed by atoms with Crippen LogP contribution in [0.4, 0.5) is 0 Å². The van der Waals surface area contributed by atoms with Gasteiger partial charge in [-0.05, 0) is 35.0 Å². The zero-order valence-electron chi connectivity index (χ0n) is 9.74. The van der Waals surface area contributed by atoms with Crippen LogP contribution in [-0.4, -0.2) is 8.75 Å². The molecule has 92 valence electrons. The van der Waals surface area contributed by atoms with Gasteiger partial charge >= 0.3 is 0 Å². The molecule has 0 saturated carbocycles. The highest BCUT2D eigenvalue weighted by Crippen LogP contribution is 2.38. The zero-order valence-corrected chi connectivity index (χ0v) is 12.2. The highest BCUT2D eigenvalue weighted by molar-refractivity contribution is 7.14. The fraction of sp³-hybridized carbons (Fsp3) is 0. The first-order chi connectivity index (χ1) is 9.42. The predicted octanol–water partition coefficient (Wildman–Crippen LogP) is 5.15. The number of rotatable bonds is 2. The van der Waals surface area contributed by atoms with E-state index in [1.807, 2.05) is 0 Å². The molecule has 0 aliphatic heterocycles. The molecule has 0 spiro atoms. The third-order valence-electron chi connectivity index (χ3n) is 2.97. The van der Waals surface area contributed by atoms with E-state index in [1.54, 1.807) is 22.7 Å². The van der Waals surface area contributed by atoms with Gasteiger partial charge < -0.3 is 0 Å². The summed E-state index contributed by atoms with van der Waals surface area (Å²) in [4.78, 5) is 2.55. The molecule has 0 N–H and O–H groups in total. The molecule has 19 heavy (non-hydrogen) atoms. The Morgan fingerprint density at radius 1 is 0.737 bits per heavy atom. The quantitative estimate of drug-likeness (QED) is 0.512. The first-order valence-electron chi connectivity index (χ1n) is 5.76. The van der Waals surface area contributed by atoms with E-state index < -0.39 is 0 Å². The Labute approximate surface area is 122 Å². The average molecular weight is 300 g/mol. The third-order valence-corrected chi connectivity index (χ3v) is 5.33. The van der Waals surface area contributed by atoms with E-state index in [4.69, 9.17) is 0 Å². The predicted molar refractivity (Wildman–Crippen MR) is 84.0 cm³/mol. The van der Waals surface area contributed by atoms with Crippen molar-refractivity contribution in [2.24, 2.45) is 0 Å².